The van der Waals surface area contributed by atoms with Gasteiger partial charge >= 0.3 is 0 Å². The van der Waals surface area contributed by atoms with Gasteiger partial charge in [-0.3, -0.25) is 4.79 Å². The number of aliphatic hydroxyl groups excluding tert-OH is 11. The maximum absolute atomic E-state index is 13.4. The molecule has 12 N–H and O–H groups in total. The van der Waals surface area contributed by atoms with E-state index in [9.17, 15) is 61.0 Å². The summed E-state index contributed by atoms with van der Waals surface area (Å²) in [5, 5.41) is 121. The van der Waals surface area contributed by atoms with Crippen molar-refractivity contribution in [1.29, 1.82) is 0 Å². The van der Waals surface area contributed by atoms with Crippen LogP contribution in [0.15, 0.2) is 72.9 Å². The number of aliphatic hydroxyl groups is 11. The zero-order valence-corrected chi connectivity index (χ0v) is 58.6. The van der Waals surface area contributed by atoms with Gasteiger partial charge in [0.2, 0.25) is 5.91 Å². The van der Waals surface area contributed by atoms with E-state index < -0.39 is 124 Å². The number of hydrogen-bond acceptors (Lipinski definition) is 18. The third kappa shape index (κ3) is 38.0. The molecule has 1 amide bonds. The van der Waals surface area contributed by atoms with Crippen LogP contribution >= 0.6 is 0 Å². The molecule has 0 aromatic carbocycles. The lowest BCUT2D eigenvalue weighted by Crippen LogP contribution is -2.66. The summed E-state index contributed by atoms with van der Waals surface area (Å²) in [5.74, 6) is -0.294. The van der Waals surface area contributed by atoms with E-state index in [1.165, 1.54) is 161 Å². The standard InChI is InChI=1S/C76H135NO18/c1-3-5-7-9-11-13-15-17-19-21-23-25-26-27-28-29-30-31-32-34-35-37-39-41-43-45-47-49-51-53-60(81)59(77-64(82)54-52-50-48-46-44-42-40-38-36-33-24-22-20-18-16-14-12-10-8-6-4-2)58-90-74-70(88)67(85)72(62(56-79)92-74)95-76-71(89)68(86)73(63(57-80)93-76)94-75-69(87)66(84)65(83)61(55-78)91-75/h6,8,12,14,18,20,24,33,43,45,51,53,59-63,65-76,78-81,83-89H,3-5,7,9-11,13,15-17,19,21-23,25-32,34-42,44,46-50,52,54-58H2,1-2H3,(H,77,82)/b8-6-,14-12-,20-18-,33-24-,45-43+,53-51+. The summed E-state index contributed by atoms with van der Waals surface area (Å²) in [6.45, 7) is 1.62. The van der Waals surface area contributed by atoms with E-state index in [-0.39, 0.29) is 18.9 Å². The molecule has 552 valence electrons. The van der Waals surface area contributed by atoms with Crippen molar-refractivity contribution in [3.8, 4) is 0 Å². The lowest BCUT2D eigenvalue weighted by molar-refractivity contribution is -0.379. The Balaban J connectivity index is 1.42. The molecule has 19 nitrogen and oxygen atoms in total. The van der Waals surface area contributed by atoms with E-state index in [1.807, 2.05) is 6.08 Å². The van der Waals surface area contributed by atoms with Crippen LogP contribution in [0.25, 0.3) is 0 Å². The predicted molar refractivity (Wildman–Crippen MR) is 374 cm³/mol. The molecule has 3 aliphatic rings. The molecule has 3 saturated heterocycles. The molecule has 3 fully saturated rings. The lowest BCUT2D eigenvalue weighted by atomic mass is 9.96. The number of allylic oxidation sites excluding steroid dienone is 11. The second-order valence-corrected chi connectivity index (χ2v) is 26.7. The number of ether oxygens (including phenoxy) is 6. The van der Waals surface area contributed by atoms with Gasteiger partial charge in [-0.2, -0.15) is 0 Å². The molecular weight excluding hydrogens is 1210 g/mol. The number of amides is 1. The Kier molecular flexibility index (Phi) is 51.8. The lowest BCUT2D eigenvalue weighted by Gasteiger charge is -2.48. The Hall–Kier alpha value is -2.77. The summed E-state index contributed by atoms with van der Waals surface area (Å²) in [6, 6.07) is -1.000. The van der Waals surface area contributed by atoms with Gasteiger partial charge in [-0.05, 0) is 70.6 Å². The first kappa shape index (κ1) is 86.5. The van der Waals surface area contributed by atoms with E-state index in [4.69, 9.17) is 28.4 Å². The van der Waals surface area contributed by atoms with Crippen LogP contribution in [0.1, 0.15) is 271 Å². The molecule has 3 aliphatic heterocycles. The Morgan fingerprint density at radius 3 is 1.18 bits per heavy atom. The van der Waals surface area contributed by atoms with E-state index in [0.717, 1.165) is 77.0 Å². The van der Waals surface area contributed by atoms with Crippen molar-refractivity contribution in [2.24, 2.45) is 0 Å². The van der Waals surface area contributed by atoms with Gasteiger partial charge in [0.15, 0.2) is 18.9 Å². The molecule has 19 heteroatoms. The van der Waals surface area contributed by atoms with Gasteiger partial charge in [0.1, 0.15) is 73.2 Å². The predicted octanol–water partition coefficient (Wildman–Crippen LogP) is 11.3. The highest BCUT2D eigenvalue weighted by atomic mass is 16.8. The zero-order valence-electron chi connectivity index (χ0n) is 58.6. The third-order valence-corrected chi connectivity index (χ3v) is 18.5. The monoisotopic (exact) mass is 1350 g/mol. The zero-order chi connectivity index (χ0) is 68.9. The van der Waals surface area contributed by atoms with Crippen molar-refractivity contribution in [2.75, 3.05) is 26.4 Å². The fourth-order valence-electron chi connectivity index (χ4n) is 12.4. The van der Waals surface area contributed by atoms with Crippen LogP contribution in [-0.2, 0) is 33.2 Å². The van der Waals surface area contributed by atoms with Gasteiger partial charge in [-0.1, -0.05) is 267 Å². The highest BCUT2D eigenvalue weighted by molar-refractivity contribution is 5.76. The third-order valence-electron chi connectivity index (χ3n) is 18.5. The number of hydrogen-bond donors (Lipinski definition) is 12. The highest BCUT2D eigenvalue weighted by Crippen LogP contribution is 2.33. The topological polar surface area (TPSA) is 307 Å². The van der Waals surface area contributed by atoms with Gasteiger partial charge in [-0.25, -0.2) is 0 Å². The van der Waals surface area contributed by atoms with Crippen molar-refractivity contribution in [1.82, 2.24) is 5.32 Å². The minimum atomic E-state index is -1.99. The summed E-state index contributed by atoms with van der Waals surface area (Å²) in [6.07, 6.45) is 46.0. The quantitative estimate of drug-likeness (QED) is 0.0199. The Labute approximate surface area is 572 Å². The molecule has 0 spiro atoms. The molecule has 0 saturated carbocycles. The number of unbranched alkanes of at least 4 members (excludes halogenated alkanes) is 32. The van der Waals surface area contributed by atoms with Crippen LogP contribution in [0.5, 0.6) is 0 Å². The number of carbonyl (C=O) groups excluding carboxylic acids is 1. The normalized spacial score (nSPS) is 27.6. The van der Waals surface area contributed by atoms with Gasteiger partial charge in [0.05, 0.1) is 38.6 Å². The molecule has 17 atom stereocenters. The summed E-state index contributed by atoms with van der Waals surface area (Å²) in [4.78, 5) is 13.4. The fourth-order valence-corrected chi connectivity index (χ4v) is 12.4. The molecular formula is C76H135NO18. The first-order chi connectivity index (χ1) is 46.3. The number of rotatable bonds is 58. The van der Waals surface area contributed by atoms with Gasteiger partial charge in [0, 0.05) is 6.42 Å². The van der Waals surface area contributed by atoms with E-state index in [2.05, 4.69) is 79.9 Å². The van der Waals surface area contributed by atoms with Crippen LogP contribution in [0.3, 0.4) is 0 Å². The summed E-state index contributed by atoms with van der Waals surface area (Å²) in [7, 11) is 0. The maximum atomic E-state index is 13.4. The van der Waals surface area contributed by atoms with Gasteiger partial charge in [-0.15, -0.1) is 0 Å². The molecule has 0 bridgehead atoms. The van der Waals surface area contributed by atoms with Crippen molar-refractivity contribution < 1.29 is 89.4 Å². The second-order valence-electron chi connectivity index (χ2n) is 26.7. The van der Waals surface area contributed by atoms with Crippen LogP contribution in [0, 0.1) is 0 Å². The van der Waals surface area contributed by atoms with E-state index >= 15 is 0 Å². The molecule has 3 rings (SSSR count). The minimum Gasteiger partial charge on any atom is -0.394 e. The molecule has 17 unspecified atom stereocenters. The summed E-state index contributed by atoms with van der Waals surface area (Å²) >= 11 is 0. The number of nitrogens with one attached hydrogen (secondary N) is 1. The molecule has 95 heavy (non-hydrogen) atoms. The first-order valence-electron chi connectivity index (χ1n) is 37.7. The molecule has 0 aromatic rings. The summed E-state index contributed by atoms with van der Waals surface area (Å²) in [5.41, 5.74) is 0. The Morgan fingerprint density at radius 2 is 0.737 bits per heavy atom. The smallest absolute Gasteiger partial charge is 0.220 e. The van der Waals surface area contributed by atoms with Crippen LogP contribution < -0.4 is 5.32 Å². The fraction of sp³-hybridized carbons (Fsp3) is 0.829. The van der Waals surface area contributed by atoms with Crippen molar-refractivity contribution in [3.63, 3.8) is 0 Å². The van der Waals surface area contributed by atoms with E-state index in [1.54, 1.807) is 6.08 Å². The van der Waals surface area contributed by atoms with Crippen molar-refractivity contribution >= 4 is 5.91 Å². The molecule has 0 aromatic heterocycles. The SMILES string of the molecule is CC/C=C\C/C=C\C/C=C\C/C=C\CCCCCCCCCCC(=O)NC(COC1OC(CO)C(OC2OC(CO)C(OC3OC(CO)C(O)C(O)C3O)C(O)C2O)C(O)C1O)C(O)/C=C/CC/C=C/CCCCCCCCCCCCCCCCCCCCCCCCC. The van der Waals surface area contributed by atoms with Crippen LogP contribution in [0.4, 0.5) is 0 Å². The van der Waals surface area contributed by atoms with Crippen molar-refractivity contribution in [2.45, 2.75) is 375 Å². The summed E-state index contributed by atoms with van der Waals surface area (Å²) < 4.78 is 34.4. The Bertz CT molecular complexity index is 2000. The van der Waals surface area contributed by atoms with Gasteiger partial charge < -0.3 is 89.9 Å². The minimum absolute atomic E-state index is 0.223. The largest absolute Gasteiger partial charge is 0.394 e. The average Bonchev–Trinajstić information content (AvgIpc) is 0.787. The average molecular weight is 1350 g/mol. The molecule has 0 radical (unpaired) electrons. The molecule has 0 aliphatic carbocycles. The van der Waals surface area contributed by atoms with Gasteiger partial charge in [0.25, 0.3) is 0 Å². The van der Waals surface area contributed by atoms with Crippen LogP contribution in [-0.4, -0.2) is 193 Å². The van der Waals surface area contributed by atoms with E-state index in [0.29, 0.717) is 12.8 Å². The van der Waals surface area contributed by atoms with Crippen molar-refractivity contribution in [3.05, 3.63) is 72.9 Å². The molecule has 3 heterocycles. The highest BCUT2D eigenvalue weighted by Gasteiger charge is 2.53. The number of carbonyl (C=O) groups is 1. The second kappa shape index (κ2) is 56.9. The maximum Gasteiger partial charge on any atom is 0.220 e. The first-order valence-corrected chi connectivity index (χ1v) is 37.7. The van der Waals surface area contributed by atoms with Crippen LogP contribution in [0.2, 0.25) is 0 Å². The Morgan fingerprint density at radius 1 is 0.389 bits per heavy atom.